The molecule has 3 aromatic carbocycles. The van der Waals surface area contributed by atoms with Crippen molar-refractivity contribution in [3.63, 3.8) is 0 Å². The van der Waals surface area contributed by atoms with E-state index in [1.54, 1.807) is 0 Å². The van der Waals surface area contributed by atoms with Crippen LogP contribution in [0.25, 0.3) is 5.76 Å². The van der Waals surface area contributed by atoms with Gasteiger partial charge in [-0.2, -0.15) is 0 Å². The van der Waals surface area contributed by atoms with Gasteiger partial charge in [0.2, 0.25) is 0 Å². The molecule has 0 N–H and O–H groups in total. The van der Waals surface area contributed by atoms with Crippen LogP contribution in [0.1, 0.15) is 24.0 Å². The second-order valence-electron chi connectivity index (χ2n) is 6.19. The molecule has 2 heteroatoms. The molecule has 1 aliphatic heterocycles. The van der Waals surface area contributed by atoms with E-state index < -0.39 is 0 Å². The molecule has 0 aliphatic carbocycles. The first kappa shape index (κ1) is 16.2. The summed E-state index contributed by atoms with van der Waals surface area (Å²) in [6.45, 7) is 2.19. The van der Waals surface area contributed by atoms with E-state index in [9.17, 15) is 0 Å². The second kappa shape index (κ2) is 7.31. The Kier molecular flexibility index (Phi) is 4.74. The van der Waals surface area contributed by atoms with Crippen molar-refractivity contribution in [2.45, 2.75) is 18.9 Å². The monoisotopic (exact) mass is 392 g/mol. The second-order valence-corrected chi connectivity index (χ2v) is 8.53. The van der Waals surface area contributed by atoms with Crippen LogP contribution in [-0.2, 0) is 4.74 Å². The Morgan fingerprint density at radius 1 is 0.720 bits per heavy atom. The van der Waals surface area contributed by atoms with Gasteiger partial charge in [-0.3, -0.25) is 0 Å². The first-order chi connectivity index (χ1) is 12.3. The SMILES string of the molecule is C[C@@H]1OC(c2ccccc2)=C([Se]c2ccccc2)[C@H]1c1ccccc1. The standard InChI is InChI=1S/C23H20OSe/c1-17-21(18-11-5-2-6-12-18)23(25-20-15-9-4-10-16-20)22(24-17)19-13-7-3-8-14-19/h2-17,21H,1H3/t17-,21+/m0/s1. The fraction of sp³-hybridized carbons (Fsp3) is 0.130. The van der Waals surface area contributed by atoms with Crippen molar-refractivity contribution in [3.8, 4) is 0 Å². The normalized spacial score (nSPS) is 19.7. The van der Waals surface area contributed by atoms with E-state index in [1.807, 2.05) is 0 Å². The van der Waals surface area contributed by atoms with Crippen molar-refractivity contribution in [2.75, 3.05) is 0 Å². The van der Waals surface area contributed by atoms with Crippen molar-refractivity contribution in [2.24, 2.45) is 0 Å². The van der Waals surface area contributed by atoms with Crippen molar-refractivity contribution in [3.05, 3.63) is 107 Å². The third-order valence-electron chi connectivity index (χ3n) is 4.45. The summed E-state index contributed by atoms with van der Waals surface area (Å²) in [7, 11) is 0. The van der Waals surface area contributed by atoms with Gasteiger partial charge in [0.15, 0.2) is 0 Å². The average molecular weight is 391 g/mol. The molecular formula is C23H20OSe. The molecule has 124 valence electrons. The van der Waals surface area contributed by atoms with Crippen LogP contribution in [0.5, 0.6) is 0 Å². The first-order valence-corrected chi connectivity index (χ1v) is 10.3. The van der Waals surface area contributed by atoms with Crippen LogP contribution >= 0.6 is 0 Å². The molecule has 0 amide bonds. The van der Waals surface area contributed by atoms with Crippen molar-refractivity contribution >= 4 is 25.2 Å². The predicted molar refractivity (Wildman–Crippen MR) is 105 cm³/mol. The molecule has 4 rings (SSSR count). The van der Waals surface area contributed by atoms with E-state index in [4.69, 9.17) is 4.74 Å². The molecule has 1 aliphatic rings. The summed E-state index contributed by atoms with van der Waals surface area (Å²) in [5.74, 6) is 1.39. The zero-order valence-corrected chi connectivity index (χ0v) is 15.8. The summed E-state index contributed by atoms with van der Waals surface area (Å²) in [4.78, 5) is 0. The van der Waals surface area contributed by atoms with Gasteiger partial charge in [-0.05, 0) is 0 Å². The first-order valence-electron chi connectivity index (χ1n) is 8.57. The Morgan fingerprint density at radius 2 is 1.28 bits per heavy atom. The third-order valence-corrected chi connectivity index (χ3v) is 6.89. The molecule has 0 radical (unpaired) electrons. The molecule has 1 heterocycles. The van der Waals surface area contributed by atoms with E-state index in [2.05, 4.69) is 97.9 Å². The summed E-state index contributed by atoms with van der Waals surface area (Å²) < 4.78 is 9.21. The van der Waals surface area contributed by atoms with Crippen LogP contribution in [0.2, 0.25) is 0 Å². The molecule has 1 nitrogen and oxygen atoms in total. The Balaban J connectivity index is 1.81. The molecule has 3 aromatic rings. The predicted octanol–water partition coefficient (Wildman–Crippen LogP) is 4.59. The topological polar surface area (TPSA) is 9.23 Å². The molecule has 0 fully saturated rings. The van der Waals surface area contributed by atoms with Gasteiger partial charge in [0.25, 0.3) is 0 Å². The Bertz CT molecular complexity index is 856. The van der Waals surface area contributed by atoms with Crippen molar-refractivity contribution < 1.29 is 4.74 Å². The van der Waals surface area contributed by atoms with Crippen molar-refractivity contribution in [1.82, 2.24) is 0 Å². The van der Waals surface area contributed by atoms with E-state index in [1.165, 1.54) is 20.1 Å². The van der Waals surface area contributed by atoms with Crippen LogP contribution in [0.4, 0.5) is 0 Å². The molecule has 0 saturated carbocycles. The van der Waals surface area contributed by atoms with E-state index in [0.717, 1.165) is 5.76 Å². The summed E-state index contributed by atoms with van der Waals surface area (Å²) in [6.07, 6.45) is 0.151. The molecule has 2 atom stereocenters. The maximum absolute atomic E-state index is 6.39. The fourth-order valence-corrected chi connectivity index (χ4v) is 5.92. The van der Waals surface area contributed by atoms with Crippen molar-refractivity contribution in [1.29, 1.82) is 0 Å². The number of hydrogen-bond donors (Lipinski definition) is 0. The van der Waals surface area contributed by atoms with E-state index >= 15 is 0 Å². The van der Waals surface area contributed by atoms with Gasteiger partial charge in [-0.25, -0.2) is 0 Å². The Morgan fingerprint density at radius 3 is 1.92 bits per heavy atom. The van der Waals surface area contributed by atoms with Crippen LogP contribution in [0.15, 0.2) is 95.5 Å². The van der Waals surface area contributed by atoms with Crippen LogP contribution < -0.4 is 4.46 Å². The molecule has 0 saturated heterocycles. The van der Waals surface area contributed by atoms with Crippen LogP contribution in [0, 0.1) is 0 Å². The number of benzene rings is 3. The summed E-state index contributed by atoms with van der Waals surface area (Å²) >= 11 is 0.234. The minimum absolute atomic E-state index is 0.151. The number of rotatable bonds is 4. The quantitative estimate of drug-likeness (QED) is 0.592. The Labute approximate surface area is 155 Å². The van der Waals surface area contributed by atoms with Gasteiger partial charge >= 0.3 is 155 Å². The summed E-state index contributed by atoms with van der Waals surface area (Å²) in [5, 5.41) is 0. The fourth-order valence-electron chi connectivity index (χ4n) is 3.27. The summed E-state index contributed by atoms with van der Waals surface area (Å²) in [5.41, 5.74) is 2.52. The van der Waals surface area contributed by atoms with Gasteiger partial charge in [-0.15, -0.1) is 0 Å². The number of ether oxygens (including phenoxy) is 1. The zero-order valence-electron chi connectivity index (χ0n) is 14.1. The van der Waals surface area contributed by atoms with Gasteiger partial charge < -0.3 is 0 Å². The Hall–Kier alpha value is -2.28. The summed E-state index contributed by atoms with van der Waals surface area (Å²) in [6, 6.07) is 32.0. The molecule has 0 aromatic heterocycles. The molecule has 25 heavy (non-hydrogen) atoms. The zero-order chi connectivity index (χ0) is 17.1. The van der Waals surface area contributed by atoms with E-state index in [0.29, 0.717) is 5.92 Å². The maximum atomic E-state index is 6.39. The molecule has 0 spiro atoms. The molecule has 0 unspecified atom stereocenters. The van der Waals surface area contributed by atoms with Gasteiger partial charge in [0, 0.05) is 0 Å². The third kappa shape index (κ3) is 3.42. The number of hydrogen-bond acceptors (Lipinski definition) is 1. The van der Waals surface area contributed by atoms with E-state index in [-0.39, 0.29) is 21.1 Å². The molecule has 0 bridgehead atoms. The van der Waals surface area contributed by atoms with Gasteiger partial charge in [-0.1, -0.05) is 0 Å². The van der Waals surface area contributed by atoms with Gasteiger partial charge in [0.05, 0.1) is 0 Å². The minimum atomic E-state index is 0.151. The van der Waals surface area contributed by atoms with Gasteiger partial charge in [0.1, 0.15) is 0 Å². The van der Waals surface area contributed by atoms with Crippen LogP contribution in [0.3, 0.4) is 0 Å². The average Bonchev–Trinajstić information content (AvgIpc) is 3.00. The molecular weight excluding hydrogens is 371 g/mol. The van der Waals surface area contributed by atoms with Crippen LogP contribution in [-0.4, -0.2) is 21.1 Å².